The van der Waals surface area contributed by atoms with Crippen LogP contribution in [0.1, 0.15) is 6.92 Å². The number of hydrogen-bond acceptors (Lipinski definition) is 3. The van der Waals surface area contributed by atoms with Crippen LogP contribution in [0.3, 0.4) is 0 Å². The van der Waals surface area contributed by atoms with E-state index in [-0.39, 0.29) is 17.3 Å². The number of benzene rings is 1. The minimum absolute atomic E-state index is 0.0944. The molecule has 1 unspecified atom stereocenters. The van der Waals surface area contributed by atoms with Gasteiger partial charge >= 0.3 is 0 Å². The number of rotatable bonds is 5. The molecular formula is C12H16O3S. The number of aliphatic hydroxyl groups excluding tert-OH is 1. The fourth-order valence-electron chi connectivity index (χ4n) is 1.34. The van der Waals surface area contributed by atoms with Gasteiger partial charge in [0.15, 0.2) is 9.84 Å². The molecule has 0 saturated carbocycles. The quantitative estimate of drug-likeness (QED) is 0.796. The van der Waals surface area contributed by atoms with Crippen LogP contribution in [0.4, 0.5) is 0 Å². The first-order valence-electron chi connectivity index (χ1n) is 5.01. The average molecular weight is 240 g/mol. The van der Waals surface area contributed by atoms with E-state index in [1.807, 2.05) is 0 Å². The fraction of sp³-hybridized carbons (Fsp3) is 0.333. The smallest absolute Gasteiger partial charge is 0.179 e. The molecule has 0 aliphatic carbocycles. The second-order valence-corrected chi connectivity index (χ2v) is 5.85. The van der Waals surface area contributed by atoms with Crippen molar-refractivity contribution in [1.29, 1.82) is 0 Å². The van der Waals surface area contributed by atoms with Crippen LogP contribution in [0.25, 0.3) is 0 Å². The Morgan fingerprint density at radius 3 is 2.38 bits per heavy atom. The summed E-state index contributed by atoms with van der Waals surface area (Å²) in [6, 6.07) is 8.24. The second-order valence-electron chi connectivity index (χ2n) is 3.82. The summed E-state index contributed by atoms with van der Waals surface area (Å²) in [6.07, 6.45) is 0. The van der Waals surface area contributed by atoms with E-state index in [1.54, 1.807) is 37.3 Å². The molecule has 1 N–H and O–H groups in total. The molecule has 0 fully saturated rings. The van der Waals surface area contributed by atoms with Crippen LogP contribution < -0.4 is 0 Å². The molecule has 0 saturated heterocycles. The maximum absolute atomic E-state index is 12.0. The van der Waals surface area contributed by atoms with Gasteiger partial charge in [0.2, 0.25) is 0 Å². The van der Waals surface area contributed by atoms with Gasteiger partial charge in [0.1, 0.15) is 0 Å². The van der Waals surface area contributed by atoms with E-state index < -0.39 is 15.8 Å². The highest BCUT2D eigenvalue weighted by Gasteiger charge is 2.20. The number of sulfone groups is 1. The second kappa shape index (κ2) is 5.27. The molecule has 1 aromatic rings. The SMILES string of the molecule is C=C(C)C(CO)CS(=O)(=O)c1ccccc1. The van der Waals surface area contributed by atoms with Crippen molar-refractivity contribution >= 4 is 9.84 Å². The summed E-state index contributed by atoms with van der Waals surface area (Å²) in [5.41, 5.74) is 0.682. The van der Waals surface area contributed by atoms with Crippen LogP contribution in [-0.2, 0) is 9.84 Å². The Morgan fingerprint density at radius 1 is 1.38 bits per heavy atom. The van der Waals surface area contributed by atoms with Gasteiger partial charge in [-0.15, -0.1) is 0 Å². The Morgan fingerprint density at radius 2 is 1.94 bits per heavy atom. The lowest BCUT2D eigenvalue weighted by Crippen LogP contribution is -2.20. The Hall–Kier alpha value is -1.13. The van der Waals surface area contributed by atoms with Crippen molar-refractivity contribution in [3.8, 4) is 0 Å². The molecule has 88 valence electrons. The highest BCUT2D eigenvalue weighted by Crippen LogP contribution is 2.17. The summed E-state index contributed by atoms with van der Waals surface area (Å²) in [5.74, 6) is -0.492. The molecule has 0 bridgehead atoms. The molecule has 0 heterocycles. The van der Waals surface area contributed by atoms with Crippen molar-refractivity contribution in [3.05, 3.63) is 42.5 Å². The lowest BCUT2D eigenvalue weighted by atomic mass is 10.1. The van der Waals surface area contributed by atoms with E-state index in [9.17, 15) is 8.42 Å². The van der Waals surface area contributed by atoms with Gasteiger partial charge in [-0.3, -0.25) is 0 Å². The van der Waals surface area contributed by atoms with Gasteiger partial charge < -0.3 is 5.11 Å². The Bertz CT molecular complexity index is 448. The highest BCUT2D eigenvalue weighted by molar-refractivity contribution is 7.91. The maximum Gasteiger partial charge on any atom is 0.179 e. The lowest BCUT2D eigenvalue weighted by Gasteiger charge is -2.14. The van der Waals surface area contributed by atoms with E-state index in [4.69, 9.17) is 5.11 Å². The summed E-state index contributed by atoms with van der Waals surface area (Å²) in [7, 11) is -3.34. The molecule has 0 spiro atoms. The monoisotopic (exact) mass is 240 g/mol. The third-order valence-corrected chi connectivity index (χ3v) is 4.27. The van der Waals surface area contributed by atoms with Crippen LogP contribution >= 0.6 is 0 Å². The minimum atomic E-state index is -3.34. The molecule has 1 rings (SSSR count). The first-order valence-corrected chi connectivity index (χ1v) is 6.66. The standard InChI is InChI=1S/C12H16O3S/c1-10(2)11(8-13)9-16(14,15)12-6-4-3-5-7-12/h3-7,11,13H,1,8-9H2,2H3. The summed E-state index contributed by atoms with van der Waals surface area (Å²) in [5, 5.41) is 9.08. The molecule has 16 heavy (non-hydrogen) atoms. The van der Waals surface area contributed by atoms with E-state index in [0.717, 1.165) is 0 Å². The maximum atomic E-state index is 12.0. The molecule has 1 atom stereocenters. The zero-order valence-corrected chi connectivity index (χ0v) is 10.1. The van der Waals surface area contributed by atoms with Crippen molar-refractivity contribution in [1.82, 2.24) is 0 Å². The van der Waals surface area contributed by atoms with Gasteiger partial charge in [-0.1, -0.05) is 30.4 Å². The van der Waals surface area contributed by atoms with Gasteiger partial charge in [0, 0.05) is 5.92 Å². The van der Waals surface area contributed by atoms with Crippen LogP contribution in [-0.4, -0.2) is 25.9 Å². The van der Waals surface area contributed by atoms with Crippen LogP contribution in [0, 0.1) is 5.92 Å². The number of aliphatic hydroxyl groups is 1. The first-order chi connectivity index (χ1) is 7.47. The molecule has 0 radical (unpaired) electrons. The Kier molecular flexibility index (Phi) is 4.26. The largest absolute Gasteiger partial charge is 0.396 e. The molecule has 1 aromatic carbocycles. The molecule has 4 heteroatoms. The molecular weight excluding hydrogens is 224 g/mol. The highest BCUT2D eigenvalue weighted by atomic mass is 32.2. The predicted octanol–water partition coefficient (Wildman–Crippen LogP) is 1.64. The van der Waals surface area contributed by atoms with Gasteiger partial charge in [0.25, 0.3) is 0 Å². The molecule has 0 aromatic heterocycles. The lowest BCUT2D eigenvalue weighted by molar-refractivity contribution is 0.257. The summed E-state index contributed by atoms with van der Waals surface area (Å²) < 4.78 is 23.9. The van der Waals surface area contributed by atoms with Gasteiger partial charge in [-0.25, -0.2) is 8.42 Å². The van der Waals surface area contributed by atoms with E-state index in [1.165, 1.54) is 0 Å². The van der Waals surface area contributed by atoms with Gasteiger partial charge in [-0.05, 0) is 19.1 Å². The van der Waals surface area contributed by atoms with Crippen LogP contribution in [0.2, 0.25) is 0 Å². The topological polar surface area (TPSA) is 54.4 Å². The van der Waals surface area contributed by atoms with E-state index >= 15 is 0 Å². The van der Waals surface area contributed by atoms with Crippen molar-refractivity contribution in [2.45, 2.75) is 11.8 Å². The van der Waals surface area contributed by atoms with Crippen LogP contribution in [0.5, 0.6) is 0 Å². The molecule has 0 aliphatic rings. The van der Waals surface area contributed by atoms with E-state index in [0.29, 0.717) is 5.57 Å². The summed E-state index contributed by atoms with van der Waals surface area (Å²) >= 11 is 0. The zero-order valence-electron chi connectivity index (χ0n) is 9.26. The molecule has 0 aliphatic heterocycles. The summed E-state index contributed by atoms with van der Waals surface area (Å²) in [6.45, 7) is 5.21. The Balaban J connectivity index is 2.92. The minimum Gasteiger partial charge on any atom is -0.396 e. The third-order valence-electron chi connectivity index (χ3n) is 2.44. The van der Waals surface area contributed by atoms with Crippen molar-refractivity contribution in [2.75, 3.05) is 12.4 Å². The zero-order chi connectivity index (χ0) is 12.2. The Labute approximate surface area is 96.4 Å². The summed E-state index contributed by atoms with van der Waals surface area (Å²) in [4.78, 5) is 0.287. The normalized spacial score (nSPS) is 13.4. The van der Waals surface area contributed by atoms with E-state index in [2.05, 4.69) is 6.58 Å². The van der Waals surface area contributed by atoms with Crippen molar-refractivity contribution in [3.63, 3.8) is 0 Å². The number of hydrogen-bond donors (Lipinski definition) is 1. The molecule has 3 nitrogen and oxygen atoms in total. The predicted molar refractivity (Wildman–Crippen MR) is 63.9 cm³/mol. The van der Waals surface area contributed by atoms with Gasteiger partial charge in [-0.2, -0.15) is 0 Å². The van der Waals surface area contributed by atoms with Crippen molar-refractivity contribution < 1.29 is 13.5 Å². The first kappa shape index (κ1) is 12.9. The molecule has 0 amide bonds. The fourth-order valence-corrected chi connectivity index (χ4v) is 3.02. The van der Waals surface area contributed by atoms with Crippen LogP contribution in [0.15, 0.2) is 47.4 Å². The van der Waals surface area contributed by atoms with Gasteiger partial charge in [0.05, 0.1) is 17.3 Å². The average Bonchev–Trinajstić information content (AvgIpc) is 2.27. The third kappa shape index (κ3) is 3.18. The van der Waals surface area contributed by atoms with Crippen molar-refractivity contribution in [2.24, 2.45) is 5.92 Å².